The van der Waals surface area contributed by atoms with Crippen molar-refractivity contribution in [1.29, 1.82) is 0 Å². The molecule has 0 aliphatic rings. The predicted molar refractivity (Wildman–Crippen MR) is 95.1 cm³/mol. The van der Waals surface area contributed by atoms with Crippen LogP contribution in [0.3, 0.4) is 0 Å². The summed E-state index contributed by atoms with van der Waals surface area (Å²) >= 11 is 0. The van der Waals surface area contributed by atoms with Crippen molar-refractivity contribution in [2.24, 2.45) is 0 Å². The summed E-state index contributed by atoms with van der Waals surface area (Å²) in [6, 6.07) is 12.9. The monoisotopic (exact) mass is 356 g/mol. The minimum absolute atomic E-state index is 0.259. The molecule has 1 aromatic heterocycles. The van der Waals surface area contributed by atoms with Crippen LogP contribution in [-0.2, 0) is 0 Å². The van der Waals surface area contributed by atoms with E-state index in [0.29, 0.717) is 28.6 Å². The molecule has 0 saturated heterocycles. The van der Waals surface area contributed by atoms with Gasteiger partial charge in [-0.2, -0.15) is 5.10 Å². The Kier molecular flexibility index (Phi) is 5.43. The lowest BCUT2D eigenvalue weighted by molar-refractivity contribution is 0.0967. The van der Waals surface area contributed by atoms with E-state index in [4.69, 9.17) is 4.74 Å². The summed E-state index contributed by atoms with van der Waals surface area (Å²) in [5, 5.41) is 12.2. The highest BCUT2D eigenvalue weighted by Gasteiger charge is 2.13. The SMILES string of the molecule is O=C(NC(=O)c1ccccc1)Nc1n[nH]c2ccc(OCCCF)cc12. The zero-order valence-corrected chi connectivity index (χ0v) is 13.8. The molecule has 0 atom stereocenters. The fraction of sp³-hybridized carbons (Fsp3) is 0.167. The number of hydrogen-bond donors (Lipinski definition) is 3. The number of alkyl halides is 1. The van der Waals surface area contributed by atoms with Crippen molar-refractivity contribution >= 4 is 28.7 Å². The molecular formula is C18H17FN4O3. The number of H-pyrrole nitrogens is 1. The first kappa shape index (κ1) is 17.4. The van der Waals surface area contributed by atoms with Crippen LogP contribution in [0.4, 0.5) is 15.0 Å². The second-order valence-corrected chi connectivity index (χ2v) is 5.44. The minimum Gasteiger partial charge on any atom is -0.493 e. The summed E-state index contributed by atoms with van der Waals surface area (Å²) in [5.74, 6) is 0.281. The molecule has 134 valence electrons. The standard InChI is InChI=1S/C18H17FN4O3/c19-9-4-10-26-13-7-8-15-14(11-13)16(23-22-15)20-18(25)21-17(24)12-5-2-1-3-6-12/h1-3,5-8,11H,4,9-10H2,(H3,20,21,22,23,24,25). The van der Waals surface area contributed by atoms with Crippen LogP contribution in [0.15, 0.2) is 48.5 Å². The van der Waals surface area contributed by atoms with E-state index in [1.807, 2.05) is 0 Å². The zero-order chi connectivity index (χ0) is 18.4. The number of amides is 3. The molecule has 3 amide bonds. The number of carbonyl (C=O) groups excluding carboxylic acids is 2. The van der Waals surface area contributed by atoms with Gasteiger partial charge in [0.1, 0.15) is 5.75 Å². The molecule has 0 bridgehead atoms. The van der Waals surface area contributed by atoms with Crippen molar-refractivity contribution in [2.45, 2.75) is 6.42 Å². The van der Waals surface area contributed by atoms with Crippen molar-refractivity contribution in [1.82, 2.24) is 15.5 Å². The van der Waals surface area contributed by atoms with Gasteiger partial charge in [0, 0.05) is 17.4 Å². The first-order valence-electron chi connectivity index (χ1n) is 8.01. The van der Waals surface area contributed by atoms with Gasteiger partial charge in [0.05, 0.1) is 18.8 Å². The number of aromatic nitrogens is 2. The molecule has 3 aromatic rings. The number of benzene rings is 2. The summed E-state index contributed by atoms with van der Waals surface area (Å²) in [7, 11) is 0. The number of carbonyl (C=O) groups is 2. The second-order valence-electron chi connectivity index (χ2n) is 5.44. The van der Waals surface area contributed by atoms with Crippen LogP contribution in [-0.4, -0.2) is 35.4 Å². The van der Waals surface area contributed by atoms with Crippen molar-refractivity contribution in [2.75, 3.05) is 18.6 Å². The molecule has 1 heterocycles. The van der Waals surface area contributed by atoms with E-state index in [2.05, 4.69) is 20.8 Å². The van der Waals surface area contributed by atoms with Crippen LogP contribution in [0.25, 0.3) is 10.9 Å². The molecule has 0 aliphatic heterocycles. The van der Waals surface area contributed by atoms with Crippen molar-refractivity contribution in [3.05, 3.63) is 54.1 Å². The molecule has 0 saturated carbocycles. The number of rotatable bonds is 6. The molecule has 2 aromatic carbocycles. The molecule has 26 heavy (non-hydrogen) atoms. The lowest BCUT2D eigenvalue weighted by Crippen LogP contribution is -2.34. The number of hydrogen-bond acceptors (Lipinski definition) is 4. The molecule has 0 unspecified atom stereocenters. The Balaban J connectivity index is 1.68. The molecule has 3 N–H and O–H groups in total. The van der Waals surface area contributed by atoms with Crippen molar-refractivity contribution in [3.8, 4) is 5.75 Å². The van der Waals surface area contributed by atoms with E-state index in [0.717, 1.165) is 0 Å². The average Bonchev–Trinajstić information content (AvgIpc) is 3.05. The predicted octanol–water partition coefficient (Wildman–Crippen LogP) is 3.26. The van der Waals surface area contributed by atoms with Crippen molar-refractivity contribution < 1.29 is 18.7 Å². The Labute approximate surface area is 148 Å². The van der Waals surface area contributed by atoms with Gasteiger partial charge in [0.2, 0.25) is 0 Å². The molecule has 0 fully saturated rings. The Morgan fingerprint density at radius 1 is 1.15 bits per heavy atom. The zero-order valence-electron chi connectivity index (χ0n) is 13.8. The van der Waals surface area contributed by atoms with Crippen LogP contribution < -0.4 is 15.4 Å². The topological polar surface area (TPSA) is 96.1 Å². The summed E-state index contributed by atoms with van der Waals surface area (Å²) in [5.41, 5.74) is 1.06. The largest absolute Gasteiger partial charge is 0.493 e. The number of halogens is 1. The summed E-state index contributed by atoms with van der Waals surface area (Å²) in [4.78, 5) is 24.1. The smallest absolute Gasteiger partial charge is 0.327 e. The lowest BCUT2D eigenvalue weighted by Gasteiger charge is -2.06. The third-order valence-electron chi connectivity index (χ3n) is 3.58. The maximum absolute atomic E-state index is 12.2. The number of aromatic amines is 1. The fourth-order valence-corrected chi connectivity index (χ4v) is 2.33. The maximum Gasteiger partial charge on any atom is 0.327 e. The first-order chi connectivity index (χ1) is 12.7. The molecule has 0 radical (unpaired) electrons. The molecular weight excluding hydrogens is 339 g/mol. The van der Waals surface area contributed by atoms with Gasteiger partial charge in [-0.15, -0.1) is 0 Å². The molecule has 7 nitrogen and oxygen atoms in total. The normalized spacial score (nSPS) is 10.5. The number of nitrogens with one attached hydrogen (secondary N) is 3. The highest BCUT2D eigenvalue weighted by atomic mass is 19.1. The fourth-order valence-electron chi connectivity index (χ4n) is 2.33. The lowest BCUT2D eigenvalue weighted by atomic mass is 10.2. The Bertz CT molecular complexity index is 911. The van der Waals surface area contributed by atoms with Gasteiger partial charge in [-0.05, 0) is 30.3 Å². The van der Waals surface area contributed by atoms with E-state index < -0.39 is 18.6 Å². The minimum atomic E-state index is -0.698. The number of anilines is 1. The number of ether oxygens (including phenoxy) is 1. The number of nitrogens with zero attached hydrogens (tertiary/aromatic N) is 1. The van der Waals surface area contributed by atoms with Gasteiger partial charge < -0.3 is 4.74 Å². The summed E-state index contributed by atoms with van der Waals surface area (Å²) in [6.45, 7) is -0.189. The summed E-state index contributed by atoms with van der Waals surface area (Å²) < 4.78 is 17.6. The maximum atomic E-state index is 12.2. The van der Waals surface area contributed by atoms with E-state index in [1.54, 1.807) is 48.5 Å². The molecule has 3 rings (SSSR count). The van der Waals surface area contributed by atoms with Gasteiger partial charge in [0.25, 0.3) is 5.91 Å². The Morgan fingerprint density at radius 2 is 1.96 bits per heavy atom. The average molecular weight is 356 g/mol. The highest BCUT2D eigenvalue weighted by Crippen LogP contribution is 2.25. The third-order valence-corrected chi connectivity index (χ3v) is 3.58. The van der Waals surface area contributed by atoms with E-state index in [-0.39, 0.29) is 12.4 Å². The quantitative estimate of drug-likeness (QED) is 0.591. The van der Waals surface area contributed by atoms with E-state index in [1.165, 1.54) is 0 Å². The van der Waals surface area contributed by atoms with Crippen LogP contribution >= 0.6 is 0 Å². The Hall–Kier alpha value is -3.42. The van der Waals surface area contributed by atoms with E-state index >= 15 is 0 Å². The van der Waals surface area contributed by atoms with Gasteiger partial charge in [-0.3, -0.25) is 24.9 Å². The Morgan fingerprint density at radius 3 is 2.73 bits per heavy atom. The van der Waals surface area contributed by atoms with Crippen LogP contribution in [0.1, 0.15) is 16.8 Å². The molecule has 0 aliphatic carbocycles. The number of fused-ring (bicyclic) bond motifs is 1. The third kappa shape index (κ3) is 4.15. The van der Waals surface area contributed by atoms with Crippen LogP contribution in [0, 0.1) is 0 Å². The van der Waals surface area contributed by atoms with Crippen LogP contribution in [0.5, 0.6) is 5.75 Å². The van der Waals surface area contributed by atoms with E-state index in [9.17, 15) is 14.0 Å². The first-order valence-corrected chi connectivity index (χ1v) is 8.01. The second kappa shape index (κ2) is 8.11. The van der Waals surface area contributed by atoms with Gasteiger partial charge in [0.15, 0.2) is 5.82 Å². The molecule has 8 heteroatoms. The van der Waals surface area contributed by atoms with Gasteiger partial charge in [-0.25, -0.2) is 4.79 Å². The van der Waals surface area contributed by atoms with Crippen molar-refractivity contribution in [3.63, 3.8) is 0 Å². The summed E-state index contributed by atoms with van der Waals surface area (Å²) in [6.07, 6.45) is 0.304. The number of imide groups is 1. The van der Waals surface area contributed by atoms with Gasteiger partial charge in [-0.1, -0.05) is 18.2 Å². The molecule has 0 spiro atoms. The highest BCUT2D eigenvalue weighted by molar-refractivity contribution is 6.09. The number of urea groups is 1. The van der Waals surface area contributed by atoms with Gasteiger partial charge >= 0.3 is 6.03 Å². The van der Waals surface area contributed by atoms with Crippen LogP contribution in [0.2, 0.25) is 0 Å².